The Morgan fingerprint density at radius 2 is 2.18 bits per heavy atom. The third-order valence-corrected chi connectivity index (χ3v) is 2.29. The Bertz CT molecular complexity index is 400. The van der Waals surface area contributed by atoms with Crippen molar-refractivity contribution in [3.8, 4) is 0 Å². The third kappa shape index (κ3) is 3.60. The molecule has 1 aromatic heterocycles. The van der Waals surface area contributed by atoms with Gasteiger partial charge in [0.25, 0.3) is 0 Å². The number of carbonyl (C=O) groups excluding carboxylic acids is 2. The van der Waals surface area contributed by atoms with Crippen molar-refractivity contribution in [3.63, 3.8) is 0 Å². The number of carbonyl (C=O) groups is 2. The number of esters is 1. The molecule has 0 aliphatic carbocycles. The zero-order chi connectivity index (χ0) is 12.8. The summed E-state index contributed by atoms with van der Waals surface area (Å²) in [6.07, 6.45) is 0. The number of hydrogen-bond donors (Lipinski definition) is 2. The summed E-state index contributed by atoms with van der Waals surface area (Å²) in [5.74, 6) is 0.0942. The van der Waals surface area contributed by atoms with Crippen LogP contribution in [0.5, 0.6) is 0 Å². The number of ether oxygens (including phenoxy) is 1. The molecule has 1 aromatic rings. The van der Waals surface area contributed by atoms with Crippen LogP contribution in [0.15, 0.2) is 16.5 Å². The van der Waals surface area contributed by atoms with Crippen LogP contribution >= 0.6 is 0 Å². The standard InChI is InChI=1S/C11H16N2O4/c1-7(13-6-10(14)12-2)8-4-5-9(17-8)11(15)16-3/h4-5,7,13H,6H2,1-3H3,(H,12,14). The zero-order valence-corrected chi connectivity index (χ0v) is 10.1. The molecular formula is C11H16N2O4. The van der Waals surface area contributed by atoms with E-state index in [1.165, 1.54) is 7.11 Å². The van der Waals surface area contributed by atoms with Gasteiger partial charge in [-0.2, -0.15) is 0 Å². The van der Waals surface area contributed by atoms with Crippen LogP contribution in [0, 0.1) is 0 Å². The molecule has 94 valence electrons. The van der Waals surface area contributed by atoms with E-state index in [0.29, 0.717) is 5.76 Å². The van der Waals surface area contributed by atoms with Crippen molar-refractivity contribution in [3.05, 3.63) is 23.7 Å². The van der Waals surface area contributed by atoms with Gasteiger partial charge in [0, 0.05) is 7.05 Å². The fraction of sp³-hybridized carbons (Fsp3) is 0.455. The molecule has 0 aromatic carbocycles. The molecule has 6 nitrogen and oxygen atoms in total. The Balaban J connectivity index is 2.57. The van der Waals surface area contributed by atoms with Crippen molar-refractivity contribution < 1.29 is 18.7 Å². The second kappa shape index (κ2) is 6.05. The highest BCUT2D eigenvalue weighted by molar-refractivity contribution is 5.86. The first-order chi connectivity index (χ1) is 8.08. The summed E-state index contributed by atoms with van der Waals surface area (Å²) in [4.78, 5) is 22.2. The van der Waals surface area contributed by atoms with Gasteiger partial charge in [-0.3, -0.25) is 10.1 Å². The lowest BCUT2D eigenvalue weighted by molar-refractivity contribution is -0.119. The highest BCUT2D eigenvalue weighted by Crippen LogP contribution is 2.16. The van der Waals surface area contributed by atoms with Gasteiger partial charge in [-0.1, -0.05) is 0 Å². The Morgan fingerprint density at radius 3 is 2.76 bits per heavy atom. The minimum absolute atomic E-state index is 0.114. The van der Waals surface area contributed by atoms with E-state index >= 15 is 0 Å². The Labute approximate surface area is 99.3 Å². The highest BCUT2D eigenvalue weighted by atomic mass is 16.5. The monoisotopic (exact) mass is 240 g/mol. The topological polar surface area (TPSA) is 80.6 Å². The predicted molar refractivity (Wildman–Crippen MR) is 60.5 cm³/mol. The minimum Gasteiger partial charge on any atom is -0.463 e. The van der Waals surface area contributed by atoms with Gasteiger partial charge >= 0.3 is 5.97 Å². The van der Waals surface area contributed by atoms with E-state index in [2.05, 4.69) is 15.4 Å². The van der Waals surface area contributed by atoms with Crippen molar-refractivity contribution in [1.29, 1.82) is 0 Å². The number of methoxy groups -OCH3 is 1. The molecule has 0 saturated carbocycles. The maximum Gasteiger partial charge on any atom is 0.373 e. The number of furan rings is 1. The SMILES string of the molecule is CNC(=O)CNC(C)c1ccc(C(=O)OC)o1. The fourth-order valence-electron chi connectivity index (χ4n) is 1.23. The van der Waals surface area contributed by atoms with Crippen LogP contribution in [0.3, 0.4) is 0 Å². The summed E-state index contributed by atoms with van der Waals surface area (Å²) in [6.45, 7) is 2.02. The van der Waals surface area contributed by atoms with Gasteiger partial charge in [-0.05, 0) is 19.1 Å². The molecule has 1 unspecified atom stereocenters. The van der Waals surface area contributed by atoms with Gasteiger partial charge in [-0.15, -0.1) is 0 Å². The molecule has 6 heteroatoms. The molecule has 1 amide bonds. The summed E-state index contributed by atoms with van der Waals surface area (Å²) >= 11 is 0. The molecule has 1 rings (SSSR count). The Morgan fingerprint density at radius 1 is 1.47 bits per heavy atom. The van der Waals surface area contributed by atoms with E-state index in [1.54, 1.807) is 19.2 Å². The third-order valence-electron chi connectivity index (χ3n) is 2.29. The van der Waals surface area contributed by atoms with Crippen LogP contribution in [0.1, 0.15) is 29.3 Å². The van der Waals surface area contributed by atoms with Crippen molar-refractivity contribution in [2.75, 3.05) is 20.7 Å². The number of hydrogen-bond acceptors (Lipinski definition) is 5. The molecule has 0 radical (unpaired) electrons. The van der Waals surface area contributed by atoms with E-state index in [1.807, 2.05) is 6.92 Å². The van der Waals surface area contributed by atoms with Crippen LogP contribution in [-0.2, 0) is 9.53 Å². The summed E-state index contributed by atoms with van der Waals surface area (Å²) < 4.78 is 9.82. The molecule has 0 fully saturated rings. The molecule has 2 N–H and O–H groups in total. The first-order valence-corrected chi connectivity index (χ1v) is 5.20. The van der Waals surface area contributed by atoms with Gasteiger partial charge in [0.15, 0.2) is 0 Å². The van der Waals surface area contributed by atoms with E-state index in [4.69, 9.17) is 4.42 Å². The molecule has 0 aliphatic rings. The molecular weight excluding hydrogens is 224 g/mol. The summed E-state index contributed by atoms with van der Waals surface area (Å²) in [7, 11) is 2.86. The molecule has 0 aliphatic heterocycles. The maximum absolute atomic E-state index is 11.2. The first-order valence-electron chi connectivity index (χ1n) is 5.20. The van der Waals surface area contributed by atoms with Gasteiger partial charge in [0.05, 0.1) is 19.7 Å². The molecule has 0 saturated heterocycles. The van der Waals surface area contributed by atoms with Gasteiger partial charge in [0.1, 0.15) is 5.76 Å². The number of amides is 1. The summed E-state index contributed by atoms with van der Waals surface area (Å²) in [6, 6.07) is 3.05. The van der Waals surface area contributed by atoms with E-state index < -0.39 is 5.97 Å². The van der Waals surface area contributed by atoms with Crippen LogP contribution in [-0.4, -0.2) is 32.6 Å². The molecule has 1 atom stereocenters. The van der Waals surface area contributed by atoms with E-state index in [0.717, 1.165) is 0 Å². The summed E-state index contributed by atoms with van der Waals surface area (Å²) in [5, 5.41) is 5.46. The predicted octanol–water partition coefficient (Wildman–Crippen LogP) is 0.463. The second-order valence-electron chi connectivity index (χ2n) is 3.47. The van der Waals surface area contributed by atoms with Gasteiger partial charge in [-0.25, -0.2) is 4.79 Å². The number of likely N-dealkylation sites (N-methyl/N-ethyl adjacent to an activating group) is 1. The van der Waals surface area contributed by atoms with E-state index in [9.17, 15) is 9.59 Å². The molecule has 0 spiro atoms. The van der Waals surface area contributed by atoms with Crippen LogP contribution in [0.2, 0.25) is 0 Å². The average molecular weight is 240 g/mol. The first kappa shape index (κ1) is 13.2. The fourth-order valence-corrected chi connectivity index (χ4v) is 1.23. The van der Waals surface area contributed by atoms with Crippen molar-refractivity contribution in [2.24, 2.45) is 0 Å². The van der Waals surface area contributed by atoms with Crippen molar-refractivity contribution in [2.45, 2.75) is 13.0 Å². The quantitative estimate of drug-likeness (QED) is 0.731. The van der Waals surface area contributed by atoms with Gasteiger partial charge < -0.3 is 14.5 Å². The van der Waals surface area contributed by atoms with Crippen molar-refractivity contribution in [1.82, 2.24) is 10.6 Å². The smallest absolute Gasteiger partial charge is 0.373 e. The van der Waals surface area contributed by atoms with Crippen LogP contribution in [0.25, 0.3) is 0 Å². The normalized spacial score (nSPS) is 11.9. The average Bonchev–Trinajstić information content (AvgIpc) is 2.83. The Hall–Kier alpha value is -1.82. The molecule has 17 heavy (non-hydrogen) atoms. The van der Waals surface area contributed by atoms with E-state index in [-0.39, 0.29) is 24.3 Å². The lowest BCUT2D eigenvalue weighted by Gasteiger charge is -2.10. The number of rotatable bonds is 5. The minimum atomic E-state index is -0.519. The lowest BCUT2D eigenvalue weighted by Crippen LogP contribution is -2.32. The highest BCUT2D eigenvalue weighted by Gasteiger charge is 2.15. The van der Waals surface area contributed by atoms with Crippen molar-refractivity contribution >= 4 is 11.9 Å². The zero-order valence-electron chi connectivity index (χ0n) is 10.1. The lowest BCUT2D eigenvalue weighted by atomic mass is 10.2. The van der Waals surface area contributed by atoms with Crippen LogP contribution in [0.4, 0.5) is 0 Å². The Kier molecular flexibility index (Phi) is 4.71. The largest absolute Gasteiger partial charge is 0.463 e. The van der Waals surface area contributed by atoms with Gasteiger partial charge in [0.2, 0.25) is 11.7 Å². The second-order valence-corrected chi connectivity index (χ2v) is 3.47. The number of nitrogens with one attached hydrogen (secondary N) is 2. The van der Waals surface area contributed by atoms with Crippen LogP contribution < -0.4 is 10.6 Å². The summed E-state index contributed by atoms with van der Waals surface area (Å²) in [5.41, 5.74) is 0. The molecule has 1 heterocycles. The molecule has 0 bridgehead atoms. The maximum atomic E-state index is 11.2.